The number of rotatable bonds is 7. The van der Waals surface area contributed by atoms with Crippen molar-refractivity contribution in [2.24, 2.45) is 11.7 Å². The number of methoxy groups -OCH3 is 1. The number of allylic oxidation sites excluding steroid dienone is 2. The molecule has 0 spiro atoms. The fraction of sp³-hybridized carbons (Fsp3) is 0.174. The summed E-state index contributed by atoms with van der Waals surface area (Å²) in [5, 5.41) is 1.96. The molecule has 0 radical (unpaired) electrons. The quantitative estimate of drug-likeness (QED) is 0.589. The number of nitrogens with two attached hydrogens (primary N) is 1. The van der Waals surface area contributed by atoms with Crippen molar-refractivity contribution in [2.45, 2.75) is 13.8 Å². The topological polar surface area (TPSA) is 44.5 Å². The van der Waals surface area contributed by atoms with Crippen LogP contribution in [0, 0.1) is 5.92 Å². The standard InChI is InChI=1S/C23H25NO2S/c1-15(6-8-20-14-22(25-5)11-7-16(20)2)17(3)18(4)26-21-12-9-19(10-13-21)23(24)27/h6-14,17H,2,4H2,1,3,5H3,(H2,24,27)/b15-6+,20-8-. The molecule has 0 amide bonds. The summed E-state index contributed by atoms with van der Waals surface area (Å²) in [6, 6.07) is 13.2. The van der Waals surface area contributed by atoms with Crippen LogP contribution in [0.25, 0.3) is 12.7 Å². The lowest BCUT2D eigenvalue weighted by Crippen LogP contribution is -2.22. The molecule has 0 bridgehead atoms. The van der Waals surface area contributed by atoms with Gasteiger partial charge in [0.15, 0.2) is 0 Å². The Morgan fingerprint density at radius 2 is 1.78 bits per heavy atom. The van der Waals surface area contributed by atoms with Crippen LogP contribution in [0.4, 0.5) is 0 Å². The van der Waals surface area contributed by atoms with Gasteiger partial charge in [0.25, 0.3) is 0 Å². The van der Waals surface area contributed by atoms with Gasteiger partial charge in [-0.1, -0.05) is 56.1 Å². The molecule has 3 nitrogen and oxygen atoms in total. The molecular weight excluding hydrogens is 354 g/mol. The molecule has 1 unspecified atom stereocenters. The molecular formula is C23H25NO2S. The first kappa shape index (κ1) is 20.5. The molecule has 0 saturated heterocycles. The summed E-state index contributed by atoms with van der Waals surface area (Å²) in [6.45, 7) is 12.2. The molecule has 27 heavy (non-hydrogen) atoms. The first-order chi connectivity index (χ1) is 12.8. The number of hydrogen-bond acceptors (Lipinski definition) is 3. The Bertz CT molecular complexity index is 974. The van der Waals surface area contributed by atoms with Crippen molar-refractivity contribution in [1.29, 1.82) is 0 Å². The summed E-state index contributed by atoms with van der Waals surface area (Å²) < 4.78 is 11.2. The Morgan fingerprint density at radius 3 is 2.37 bits per heavy atom. The van der Waals surface area contributed by atoms with Crippen LogP contribution in [0.15, 0.2) is 66.5 Å². The van der Waals surface area contributed by atoms with Crippen molar-refractivity contribution in [2.75, 3.05) is 7.11 Å². The summed E-state index contributed by atoms with van der Waals surface area (Å²) in [4.78, 5) is 0.366. The molecule has 0 aliphatic carbocycles. The fourth-order valence-electron chi connectivity index (χ4n) is 2.40. The fourth-order valence-corrected chi connectivity index (χ4v) is 2.54. The van der Waals surface area contributed by atoms with Crippen LogP contribution in [-0.2, 0) is 0 Å². The molecule has 0 aromatic heterocycles. The summed E-state index contributed by atoms with van der Waals surface area (Å²) in [5.74, 6) is 2.23. The van der Waals surface area contributed by atoms with E-state index < -0.39 is 0 Å². The maximum Gasteiger partial charge on any atom is 0.126 e. The van der Waals surface area contributed by atoms with E-state index in [-0.39, 0.29) is 5.92 Å². The smallest absolute Gasteiger partial charge is 0.126 e. The molecule has 2 aromatic rings. The summed E-state index contributed by atoms with van der Waals surface area (Å²) in [7, 11) is 1.65. The van der Waals surface area contributed by atoms with Gasteiger partial charge >= 0.3 is 0 Å². The predicted octanol–water partition coefficient (Wildman–Crippen LogP) is 3.70. The van der Waals surface area contributed by atoms with Crippen molar-refractivity contribution in [3.63, 3.8) is 0 Å². The van der Waals surface area contributed by atoms with Gasteiger partial charge < -0.3 is 15.2 Å². The van der Waals surface area contributed by atoms with Crippen molar-refractivity contribution < 1.29 is 9.47 Å². The first-order valence-electron chi connectivity index (χ1n) is 8.60. The minimum Gasteiger partial charge on any atom is -0.497 e. The SMILES string of the molecule is C=C(Oc1ccc(C(N)=S)cc1)C(C)/C(C)=C/C=c1/cc(OC)ccc1=C. The van der Waals surface area contributed by atoms with Crippen LogP contribution in [0.5, 0.6) is 11.5 Å². The van der Waals surface area contributed by atoms with Crippen LogP contribution in [0.3, 0.4) is 0 Å². The van der Waals surface area contributed by atoms with E-state index in [0.717, 1.165) is 27.3 Å². The first-order valence-corrected chi connectivity index (χ1v) is 9.00. The highest BCUT2D eigenvalue weighted by Crippen LogP contribution is 2.23. The molecule has 0 saturated carbocycles. The van der Waals surface area contributed by atoms with Crippen molar-refractivity contribution in [3.8, 4) is 11.5 Å². The molecule has 140 valence electrons. The highest BCUT2D eigenvalue weighted by Gasteiger charge is 2.11. The van der Waals surface area contributed by atoms with Gasteiger partial charge in [0.1, 0.15) is 22.2 Å². The largest absolute Gasteiger partial charge is 0.497 e. The number of ether oxygens (including phenoxy) is 2. The highest BCUT2D eigenvalue weighted by atomic mass is 32.1. The molecule has 0 heterocycles. The van der Waals surface area contributed by atoms with Gasteiger partial charge in [0.2, 0.25) is 0 Å². The summed E-state index contributed by atoms with van der Waals surface area (Å²) in [5.41, 5.74) is 7.55. The van der Waals surface area contributed by atoms with Crippen LogP contribution in [0.1, 0.15) is 19.4 Å². The second-order valence-corrected chi connectivity index (χ2v) is 6.76. The average Bonchev–Trinajstić information content (AvgIpc) is 2.66. The molecule has 0 fully saturated rings. The molecule has 2 aromatic carbocycles. The zero-order chi connectivity index (χ0) is 20.0. The average molecular weight is 380 g/mol. The van der Waals surface area contributed by atoms with E-state index in [1.165, 1.54) is 0 Å². The Balaban J connectivity index is 2.13. The van der Waals surface area contributed by atoms with Crippen molar-refractivity contribution in [1.82, 2.24) is 0 Å². The predicted molar refractivity (Wildman–Crippen MR) is 117 cm³/mol. The summed E-state index contributed by atoms with van der Waals surface area (Å²) in [6.07, 6.45) is 4.08. The van der Waals surface area contributed by atoms with Gasteiger partial charge in [-0.3, -0.25) is 0 Å². The van der Waals surface area contributed by atoms with Crippen LogP contribution in [0.2, 0.25) is 0 Å². The van der Waals surface area contributed by atoms with Gasteiger partial charge in [0.05, 0.1) is 7.11 Å². The van der Waals surface area contributed by atoms with E-state index in [1.54, 1.807) is 7.11 Å². The van der Waals surface area contributed by atoms with Gasteiger partial charge in [-0.15, -0.1) is 0 Å². The normalized spacial score (nSPS) is 13.1. The molecule has 2 N–H and O–H groups in total. The lowest BCUT2D eigenvalue weighted by Gasteiger charge is -2.16. The Morgan fingerprint density at radius 1 is 1.15 bits per heavy atom. The van der Waals surface area contributed by atoms with Crippen LogP contribution in [-0.4, -0.2) is 12.1 Å². The highest BCUT2D eigenvalue weighted by molar-refractivity contribution is 7.80. The van der Waals surface area contributed by atoms with Crippen LogP contribution >= 0.6 is 12.2 Å². The van der Waals surface area contributed by atoms with Crippen molar-refractivity contribution >= 4 is 29.9 Å². The second-order valence-electron chi connectivity index (χ2n) is 6.32. The maximum absolute atomic E-state index is 5.88. The molecule has 1 atom stereocenters. The third-order valence-electron chi connectivity index (χ3n) is 4.43. The molecule has 0 aliphatic rings. The van der Waals surface area contributed by atoms with Gasteiger partial charge in [-0.2, -0.15) is 0 Å². The number of benzene rings is 2. The van der Waals surface area contributed by atoms with E-state index in [1.807, 2.05) is 48.5 Å². The monoisotopic (exact) mass is 379 g/mol. The lowest BCUT2D eigenvalue weighted by atomic mass is 10.0. The van der Waals surface area contributed by atoms with Crippen LogP contribution < -0.4 is 25.6 Å². The van der Waals surface area contributed by atoms with Gasteiger partial charge in [-0.25, -0.2) is 0 Å². The minimum absolute atomic E-state index is 0.0513. The molecule has 2 rings (SSSR count). The van der Waals surface area contributed by atoms with Gasteiger partial charge in [-0.05, 0) is 53.8 Å². The third-order valence-corrected chi connectivity index (χ3v) is 4.67. The van der Waals surface area contributed by atoms with E-state index in [2.05, 4.69) is 33.1 Å². The van der Waals surface area contributed by atoms with Crippen molar-refractivity contribution in [3.05, 3.63) is 82.5 Å². The second kappa shape index (κ2) is 9.19. The zero-order valence-electron chi connectivity index (χ0n) is 16.0. The maximum atomic E-state index is 5.88. The number of hydrogen-bond donors (Lipinski definition) is 1. The van der Waals surface area contributed by atoms with E-state index in [0.29, 0.717) is 16.5 Å². The van der Waals surface area contributed by atoms with E-state index in [4.69, 9.17) is 27.4 Å². The minimum atomic E-state index is 0.0513. The zero-order valence-corrected chi connectivity index (χ0v) is 16.8. The Kier molecular flexibility index (Phi) is 6.97. The molecule has 4 heteroatoms. The Hall–Kier alpha value is -2.85. The lowest BCUT2D eigenvalue weighted by molar-refractivity contribution is 0.378. The summed E-state index contributed by atoms with van der Waals surface area (Å²) >= 11 is 4.96. The number of thiocarbonyl (C=S) groups is 1. The van der Waals surface area contributed by atoms with Gasteiger partial charge in [0, 0.05) is 11.5 Å². The molecule has 0 aliphatic heterocycles. The third kappa shape index (κ3) is 5.56. The Labute approximate surface area is 166 Å². The van der Waals surface area contributed by atoms with E-state index in [9.17, 15) is 0 Å². The van der Waals surface area contributed by atoms with E-state index >= 15 is 0 Å².